The summed E-state index contributed by atoms with van der Waals surface area (Å²) in [6.07, 6.45) is 0.997. The fraction of sp³-hybridized carbons (Fsp3) is 0.500. The van der Waals surface area contributed by atoms with Crippen molar-refractivity contribution in [1.29, 1.82) is 0 Å². The molecule has 0 aliphatic carbocycles. The number of aliphatic hydroxyl groups is 1. The zero-order chi connectivity index (χ0) is 24.8. The molecule has 1 amide bonds. The molecule has 0 saturated carbocycles. The Hall–Kier alpha value is -3.13. The molecule has 0 radical (unpaired) electrons. The number of likely N-dealkylation sites (tertiary alicyclic amines) is 1. The number of fused-ring (bicyclic) bond motifs is 1. The molecule has 8 nitrogen and oxygen atoms in total. The Bertz CT molecular complexity index is 1250. The predicted octanol–water partition coefficient (Wildman–Crippen LogP) is 4.76. The molecule has 4 rings (SSSR count). The highest BCUT2D eigenvalue weighted by atomic mass is 16.6. The summed E-state index contributed by atoms with van der Waals surface area (Å²) in [5, 5.41) is 10.2. The smallest absolute Gasteiger partial charge is 0.410 e. The molecule has 1 fully saturated rings. The second-order valence-electron chi connectivity index (χ2n) is 10.5. The molecule has 1 aromatic carbocycles. The monoisotopic (exact) mass is 467 g/mol. The van der Waals surface area contributed by atoms with E-state index in [4.69, 9.17) is 9.15 Å². The van der Waals surface area contributed by atoms with E-state index in [2.05, 4.69) is 4.98 Å². The van der Waals surface area contributed by atoms with Crippen LogP contribution in [0.3, 0.4) is 0 Å². The van der Waals surface area contributed by atoms with E-state index in [9.17, 15) is 14.7 Å². The van der Waals surface area contributed by atoms with Crippen LogP contribution in [0.5, 0.6) is 0 Å². The number of pyridine rings is 1. The normalized spacial score (nSPS) is 15.7. The molecule has 1 aliphatic rings. The van der Waals surface area contributed by atoms with Crippen LogP contribution in [0.4, 0.5) is 4.79 Å². The van der Waals surface area contributed by atoms with Crippen LogP contribution in [0.15, 0.2) is 39.5 Å². The van der Waals surface area contributed by atoms with Gasteiger partial charge in [0.2, 0.25) is 11.5 Å². The SMILES string of the molecule is Cc1cc2nc(-c3ccc(C(C)(C)O)cc3)oc2c(=O)n1C1CCN(C(=O)OC(C)(C)C)CC1. The van der Waals surface area contributed by atoms with E-state index in [1.165, 1.54) is 0 Å². The maximum absolute atomic E-state index is 13.4. The van der Waals surface area contributed by atoms with Gasteiger partial charge < -0.3 is 23.7 Å². The molecule has 1 aliphatic heterocycles. The van der Waals surface area contributed by atoms with Gasteiger partial charge in [0.05, 0.1) is 5.60 Å². The number of oxazole rings is 1. The molecule has 0 unspecified atom stereocenters. The highest BCUT2D eigenvalue weighted by Gasteiger charge is 2.29. The van der Waals surface area contributed by atoms with Gasteiger partial charge in [0.15, 0.2) is 0 Å². The molecule has 8 heteroatoms. The summed E-state index contributed by atoms with van der Waals surface area (Å²) in [5.74, 6) is 0.367. The number of carbonyl (C=O) groups excluding carboxylic acids is 1. The summed E-state index contributed by atoms with van der Waals surface area (Å²) in [7, 11) is 0. The molecule has 3 heterocycles. The summed E-state index contributed by atoms with van der Waals surface area (Å²) < 4.78 is 13.2. The number of rotatable bonds is 3. The van der Waals surface area contributed by atoms with Crippen LogP contribution in [-0.4, -0.2) is 44.3 Å². The fourth-order valence-corrected chi connectivity index (χ4v) is 4.35. The van der Waals surface area contributed by atoms with Crippen molar-refractivity contribution in [2.24, 2.45) is 0 Å². The first-order valence-corrected chi connectivity index (χ1v) is 11.7. The van der Waals surface area contributed by atoms with Gasteiger partial charge in [0, 0.05) is 30.4 Å². The molecule has 1 saturated heterocycles. The highest BCUT2D eigenvalue weighted by molar-refractivity contribution is 5.76. The van der Waals surface area contributed by atoms with Crippen molar-refractivity contribution in [3.8, 4) is 11.5 Å². The number of aryl methyl sites for hydroxylation is 1. The summed E-state index contributed by atoms with van der Waals surface area (Å²) >= 11 is 0. The van der Waals surface area contributed by atoms with Gasteiger partial charge in [0.25, 0.3) is 5.56 Å². The quantitative estimate of drug-likeness (QED) is 0.596. The minimum atomic E-state index is -0.941. The number of hydrogen-bond donors (Lipinski definition) is 1. The molecule has 1 N–H and O–H groups in total. The second-order valence-corrected chi connectivity index (χ2v) is 10.5. The van der Waals surface area contributed by atoms with Gasteiger partial charge >= 0.3 is 6.09 Å². The van der Waals surface area contributed by atoms with Crippen LogP contribution >= 0.6 is 0 Å². The Morgan fingerprint density at radius 2 is 1.74 bits per heavy atom. The lowest BCUT2D eigenvalue weighted by molar-refractivity contribution is 0.0187. The van der Waals surface area contributed by atoms with Crippen LogP contribution in [0.25, 0.3) is 22.6 Å². The van der Waals surface area contributed by atoms with E-state index in [-0.39, 0.29) is 23.3 Å². The van der Waals surface area contributed by atoms with E-state index in [1.807, 2.05) is 58.0 Å². The third-order valence-corrected chi connectivity index (χ3v) is 6.11. The Morgan fingerprint density at radius 3 is 2.29 bits per heavy atom. The van der Waals surface area contributed by atoms with Crippen LogP contribution in [-0.2, 0) is 10.3 Å². The largest absolute Gasteiger partial charge is 0.444 e. The molecule has 2 aromatic heterocycles. The van der Waals surface area contributed by atoms with Crippen molar-refractivity contribution < 1.29 is 19.1 Å². The lowest BCUT2D eigenvalue weighted by Crippen LogP contribution is -2.43. The Kier molecular flexibility index (Phi) is 6.06. The Morgan fingerprint density at radius 1 is 1.12 bits per heavy atom. The molecular formula is C26H33N3O5. The Balaban J connectivity index is 1.57. The first-order valence-electron chi connectivity index (χ1n) is 11.7. The number of nitrogens with zero attached hydrogens (tertiary/aromatic N) is 3. The van der Waals surface area contributed by atoms with E-state index < -0.39 is 11.2 Å². The first kappa shape index (κ1) is 24.0. The van der Waals surface area contributed by atoms with Gasteiger partial charge in [-0.25, -0.2) is 9.78 Å². The second kappa shape index (κ2) is 8.58. The predicted molar refractivity (Wildman–Crippen MR) is 130 cm³/mol. The van der Waals surface area contributed by atoms with Crippen LogP contribution in [0.1, 0.15) is 64.8 Å². The van der Waals surface area contributed by atoms with Crippen LogP contribution in [0, 0.1) is 6.92 Å². The average molecular weight is 468 g/mol. The van der Waals surface area contributed by atoms with Crippen molar-refractivity contribution in [1.82, 2.24) is 14.5 Å². The van der Waals surface area contributed by atoms with Crippen molar-refractivity contribution in [2.45, 2.75) is 71.6 Å². The number of aromatic nitrogens is 2. The molecule has 182 valence electrons. The number of carbonyl (C=O) groups is 1. The van der Waals surface area contributed by atoms with Gasteiger partial charge in [-0.1, -0.05) is 12.1 Å². The minimum Gasteiger partial charge on any atom is -0.444 e. The van der Waals surface area contributed by atoms with Gasteiger partial charge in [-0.2, -0.15) is 0 Å². The zero-order valence-corrected chi connectivity index (χ0v) is 20.7. The van der Waals surface area contributed by atoms with E-state index in [1.54, 1.807) is 23.3 Å². The summed E-state index contributed by atoms with van der Waals surface area (Å²) in [6, 6.07) is 9.15. The molecule has 3 aromatic rings. The van der Waals surface area contributed by atoms with E-state index in [0.29, 0.717) is 37.3 Å². The molecule has 0 spiro atoms. The number of benzene rings is 1. The van der Waals surface area contributed by atoms with E-state index in [0.717, 1.165) is 16.8 Å². The average Bonchev–Trinajstić information content (AvgIpc) is 3.17. The third-order valence-electron chi connectivity index (χ3n) is 6.11. The maximum Gasteiger partial charge on any atom is 0.410 e. The standard InChI is InChI=1S/C26H33N3O5/c1-16-15-20-21(33-22(27-20)17-7-9-18(10-8-17)26(5,6)32)23(30)29(16)19-11-13-28(14-12-19)24(31)34-25(2,3)4/h7-10,15,19,32H,11-14H2,1-6H3. The Labute approximate surface area is 199 Å². The van der Waals surface area contributed by atoms with Gasteiger partial charge in [-0.3, -0.25) is 4.79 Å². The maximum atomic E-state index is 13.4. The van der Waals surface area contributed by atoms with Crippen molar-refractivity contribution in [2.75, 3.05) is 13.1 Å². The zero-order valence-electron chi connectivity index (χ0n) is 20.7. The summed E-state index contributed by atoms with van der Waals surface area (Å²) in [6.45, 7) is 12.0. The van der Waals surface area contributed by atoms with Crippen molar-refractivity contribution >= 4 is 17.2 Å². The number of ether oxygens (including phenoxy) is 1. The van der Waals surface area contributed by atoms with Crippen molar-refractivity contribution in [3.63, 3.8) is 0 Å². The fourth-order valence-electron chi connectivity index (χ4n) is 4.35. The topological polar surface area (TPSA) is 97.8 Å². The van der Waals surface area contributed by atoms with Gasteiger partial charge in [-0.05, 0) is 78.1 Å². The van der Waals surface area contributed by atoms with Gasteiger partial charge in [0.1, 0.15) is 11.1 Å². The van der Waals surface area contributed by atoms with Crippen molar-refractivity contribution in [3.05, 3.63) is 51.9 Å². The number of amides is 1. The molecule has 0 bridgehead atoms. The number of hydrogen-bond acceptors (Lipinski definition) is 6. The minimum absolute atomic E-state index is 0.0322. The molecule has 34 heavy (non-hydrogen) atoms. The summed E-state index contributed by atoms with van der Waals surface area (Å²) in [4.78, 5) is 32.0. The number of piperidine rings is 1. The summed E-state index contributed by atoms with van der Waals surface area (Å²) in [5.41, 5.74) is 1.38. The molecule has 0 atom stereocenters. The van der Waals surface area contributed by atoms with Crippen LogP contribution in [0.2, 0.25) is 0 Å². The third kappa shape index (κ3) is 4.87. The highest BCUT2D eigenvalue weighted by Crippen LogP contribution is 2.29. The lowest BCUT2D eigenvalue weighted by atomic mass is 9.97. The lowest BCUT2D eigenvalue weighted by Gasteiger charge is -2.34. The molecular weight excluding hydrogens is 434 g/mol. The first-order chi connectivity index (χ1) is 15.8. The van der Waals surface area contributed by atoms with E-state index >= 15 is 0 Å². The van der Waals surface area contributed by atoms with Gasteiger partial charge in [-0.15, -0.1) is 0 Å². The van der Waals surface area contributed by atoms with Crippen LogP contribution < -0.4 is 5.56 Å².